The van der Waals surface area contributed by atoms with E-state index in [4.69, 9.17) is 10.5 Å². The lowest BCUT2D eigenvalue weighted by molar-refractivity contribution is 0.0580. The normalized spacial score (nSPS) is 36.7. The summed E-state index contributed by atoms with van der Waals surface area (Å²) in [5.41, 5.74) is 6.06. The van der Waals surface area contributed by atoms with Gasteiger partial charge in [-0.1, -0.05) is 6.42 Å². The zero-order chi connectivity index (χ0) is 9.10. The molecule has 2 rings (SSSR count). The summed E-state index contributed by atoms with van der Waals surface area (Å²) in [5, 5.41) is 0. The van der Waals surface area contributed by atoms with E-state index in [9.17, 15) is 0 Å². The van der Waals surface area contributed by atoms with Crippen LogP contribution in [0.2, 0.25) is 0 Å². The summed E-state index contributed by atoms with van der Waals surface area (Å²) >= 11 is 0. The van der Waals surface area contributed by atoms with Gasteiger partial charge in [-0.05, 0) is 43.9 Å². The molecule has 13 heavy (non-hydrogen) atoms. The van der Waals surface area contributed by atoms with Crippen molar-refractivity contribution in [2.45, 2.75) is 44.6 Å². The fourth-order valence-corrected chi connectivity index (χ4v) is 2.77. The average Bonchev–Trinajstić information content (AvgIpc) is 2.54. The van der Waals surface area contributed by atoms with Crippen molar-refractivity contribution < 1.29 is 4.74 Å². The van der Waals surface area contributed by atoms with Crippen LogP contribution in [-0.4, -0.2) is 19.3 Å². The first-order valence-corrected chi connectivity index (χ1v) is 5.69. The van der Waals surface area contributed by atoms with Crippen LogP contribution in [-0.2, 0) is 4.74 Å². The molecule has 2 heteroatoms. The zero-order valence-electron chi connectivity index (χ0n) is 8.37. The Kier molecular flexibility index (Phi) is 3.23. The van der Waals surface area contributed by atoms with Crippen molar-refractivity contribution in [3.05, 3.63) is 0 Å². The van der Waals surface area contributed by atoms with Crippen LogP contribution in [0.3, 0.4) is 0 Å². The molecule has 0 aromatic heterocycles. The van der Waals surface area contributed by atoms with Gasteiger partial charge in [0, 0.05) is 19.3 Å². The minimum Gasteiger partial charge on any atom is -0.381 e. The molecular formula is C11H21NO. The Morgan fingerprint density at radius 1 is 1.08 bits per heavy atom. The Morgan fingerprint density at radius 2 is 1.85 bits per heavy atom. The Bertz CT molecular complexity index is 154. The van der Waals surface area contributed by atoms with E-state index in [1.165, 1.54) is 38.5 Å². The molecule has 0 bridgehead atoms. The first-order valence-electron chi connectivity index (χ1n) is 5.69. The van der Waals surface area contributed by atoms with Crippen LogP contribution >= 0.6 is 0 Å². The monoisotopic (exact) mass is 183 g/mol. The molecule has 1 saturated heterocycles. The lowest BCUT2D eigenvalue weighted by Crippen LogP contribution is -2.28. The topological polar surface area (TPSA) is 35.2 Å². The Balaban J connectivity index is 1.75. The molecule has 2 nitrogen and oxygen atoms in total. The van der Waals surface area contributed by atoms with Gasteiger partial charge in [-0.15, -0.1) is 0 Å². The first kappa shape index (κ1) is 9.47. The van der Waals surface area contributed by atoms with Crippen molar-refractivity contribution in [3.8, 4) is 0 Å². The third kappa shape index (κ3) is 2.44. The van der Waals surface area contributed by atoms with Gasteiger partial charge in [0.15, 0.2) is 0 Å². The van der Waals surface area contributed by atoms with Crippen molar-refractivity contribution in [2.24, 2.45) is 17.6 Å². The molecule has 1 aliphatic carbocycles. The maximum Gasteiger partial charge on any atom is 0.0468 e. The third-order valence-corrected chi connectivity index (χ3v) is 3.69. The molecular weight excluding hydrogens is 162 g/mol. The van der Waals surface area contributed by atoms with Crippen LogP contribution < -0.4 is 5.73 Å². The maximum atomic E-state index is 6.06. The van der Waals surface area contributed by atoms with Crippen molar-refractivity contribution in [3.63, 3.8) is 0 Å². The van der Waals surface area contributed by atoms with Gasteiger partial charge in [-0.2, -0.15) is 0 Å². The largest absolute Gasteiger partial charge is 0.381 e. The predicted octanol–water partition coefficient (Wildman–Crippen LogP) is 1.93. The molecule has 2 fully saturated rings. The summed E-state index contributed by atoms with van der Waals surface area (Å²) in [4.78, 5) is 0. The van der Waals surface area contributed by atoms with Crippen molar-refractivity contribution >= 4 is 0 Å². The van der Waals surface area contributed by atoms with E-state index in [1.807, 2.05) is 0 Å². The summed E-state index contributed by atoms with van der Waals surface area (Å²) < 4.78 is 5.36. The van der Waals surface area contributed by atoms with Crippen LogP contribution in [0.5, 0.6) is 0 Å². The van der Waals surface area contributed by atoms with Gasteiger partial charge < -0.3 is 10.5 Å². The molecule has 1 saturated carbocycles. The minimum absolute atomic E-state index is 0.503. The Morgan fingerprint density at radius 3 is 2.46 bits per heavy atom. The number of nitrogens with two attached hydrogens (primary N) is 1. The molecule has 0 aromatic carbocycles. The van der Waals surface area contributed by atoms with E-state index in [0.29, 0.717) is 6.04 Å². The molecule has 0 radical (unpaired) electrons. The second kappa shape index (κ2) is 4.43. The van der Waals surface area contributed by atoms with E-state index in [1.54, 1.807) is 0 Å². The van der Waals surface area contributed by atoms with Gasteiger partial charge in [-0.3, -0.25) is 0 Å². The van der Waals surface area contributed by atoms with E-state index in [2.05, 4.69) is 0 Å². The van der Waals surface area contributed by atoms with Gasteiger partial charge >= 0.3 is 0 Å². The Labute approximate surface area is 80.8 Å². The molecule has 0 spiro atoms. The number of hydrogen-bond acceptors (Lipinski definition) is 2. The molecule has 2 N–H and O–H groups in total. The second-order valence-electron chi connectivity index (χ2n) is 4.65. The van der Waals surface area contributed by atoms with Gasteiger partial charge in [0.2, 0.25) is 0 Å². The molecule has 2 aliphatic rings. The number of rotatable bonds is 2. The van der Waals surface area contributed by atoms with Crippen molar-refractivity contribution in [1.29, 1.82) is 0 Å². The van der Waals surface area contributed by atoms with Gasteiger partial charge in [0.25, 0.3) is 0 Å². The lowest BCUT2D eigenvalue weighted by atomic mass is 9.86. The highest BCUT2D eigenvalue weighted by atomic mass is 16.5. The summed E-state index contributed by atoms with van der Waals surface area (Å²) in [6.45, 7) is 1.96. The minimum atomic E-state index is 0.503. The highest BCUT2D eigenvalue weighted by Crippen LogP contribution is 2.32. The van der Waals surface area contributed by atoms with Crippen molar-refractivity contribution in [1.82, 2.24) is 0 Å². The van der Waals surface area contributed by atoms with Gasteiger partial charge in [0.1, 0.15) is 0 Å². The summed E-state index contributed by atoms with van der Waals surface area (Å²) in [5.74, 6) is 1.73. The van der Waals surface area contributed by atoms with Gasteiger partial charge in [0.05, 0.1) is 0 Å². The van der Waals surface area contributed by atoms with E-state index < -0.39 is 0 Å². The molecule has 2 unspecified atom stereocenters. The van der Waals surface area contributed by atoms with Gasteiger partial charge in [-0.25, -0.2) is 0 Å². The van der Waals surface area contributed by atoms with E-state index in [0.717, 1.165) is 25.0 Å². The fraction of sp³-hybridized carbons (Fsp3) is 1.00. The summed E-state index contributed by atoms with van der Waals surface area (Å²) in [6, 6.07) is 0.503. The third-order valence-electron chi connectivity index (χ3n) is 3.69. The zero-order valence-corrected chi connectivity index (χ0v) is 8.37. The van der Waals surface area contributed by atoms with E-state index >= 15 is 0 Å². The van der Waals surface area contributed by atoms with E-state index in [-0.39, 0.29) is 0 Å². The lowest BCUT2D eigenvalue weighted by Gasteiger charge is -2.26. The average molecular weight is 183 g/mol. The molecule has 1 heterocycles. The van der Waals surface area contributed by atoms with Crippen LogP contribution in [0.4, 0.5) is 0 Å². The molecule has 1 aliphatic heterocycles. The molecule has 0 amide bonds. The summed E-state index contributed by atoms with van der Waals surface area (Å²) in [7, 11) is 0. The number of hydrogen-bond donors (Lipinski definition) is 1. The molecule has 0 aromatic rings. The fourth-order valence-electron chi connectivity index (χ4n) is 2.77. The number of ether oxygens (including phenoxy) is 1. The van der Waals surface area contributed by atoms with Crippen LogP contribution in [0, 0.1) is 11.8 Å². The quantitative estimate of drug-likeness (QED) is 0.710. The second-order valence-corrected chi connectivity index (χ2v) is 4.65. The smallest absolute Gasteiger partial charge is 0.0468 e. The highest BCUT2D eigenvalue weighted by Gasteiger charge is 2.27. The van der Waals surface area contributed by atoms with Crippen LogP contribution in [0.15, 0.2) is 0 Å². The predicted molar refractivity (Wildman–Crippen MR) is 53.5 cm³/mol. The maximum absolute atomic E-state index is 6.06. The van der Waals surface area contributed by atoms with Crippen LogP contribution in [0.1, 0.15) is 38.5 Å². The molecule has 2 atom stereocenters. The standard InChI is InChI=1S/C11H21NO/c12-11-3-1-2-10(11)8-9-4-6-13-7-5-9/h9-11H,1-8,12H2. The van der Waals surface area contributed by atoms with Crippen molar-refractivity contribution in [2.75, 3.05) is 13.2 Å². The first-order chi connectivity index (χ1) is 6.36. The summed E-state index contributed by atoms with van der Waals surface area (Å²) in [6.07, 6.45) is 7.89. The SMILES string of the molecule is NC1CCCC1CC1CCOCC1. The highest BCUT2D eigenvalue weighted by molar-refractivity contribution is 4.82. The molecule has 76 valence electrons. The Hall–Kier alpha value is -0.0800. The van der Waals surface area contributed by atoms with Crippen LogP contribution in [0.25, 0.3) is 0 Å².